The van der Waals surface area contributed by atoms with Crippen LogP contribution in [-0.2, 0) is 17.6 Å². The maximum absolute atomic E-state index is 12.0. The Balaban J connectivity index is 2.97. The van der Waals surface area contributed by atoms with Gasteiger partial charge in [-0.25, -0.2) is 0 Å². The van der Waals surface area contributed by atoms with Crippen molar-refractivity contribution in [2.24, 2.45) is 11.7 Å². The molecule has 0 heterocycles. The minimum absolute atomic E-state index is 0.109. The molecule has 0 fully saturated rings. The van der Waals surface area contributed by atoms with Crippen LogP contribution in [0.5, 0.6) is 0 Å². The molecule has 0 aliphatic heterocycles. The average molecular weight is 329 g/mol. The number of nitrogens with one attached hydrogen (secondary N) is 1. The second kappa shape index (κ2) is 7.71. The Morgan fingerprint density at radius 1 is 1.29 bits per heavy atom. The summed E-state index contributed by atoms with van der Waals surface area (Å²) < 4.78 is 0. The van der Waals surface area contributed by atoms with Gasteiger partial charge in [-0.1, -0.05) is 43.1 Å². The Hall–Kier alpha value is -1.19. The van der Waals surface area contributed by atoms with E-state index in [9.17, 15) is 4.79 Å². The first-order chi connectivity index (χ1) is 9.72. The van der Waals surface area contributed by atoms with Gasteiger partial charge in [0.1, 0.15) is 5.82 Å². The zero-order valence-electron chi connectivity index (χ0n) is 12.9. The Bertz CT molecular complexity index is 562. The summed E-state index contributed by atoms with van der Waals surface area (Å²) in [5, 5.41) is 3.71. The highest BCUT2D eigenvalue weighted by Gasteiger charge is 2.15. The molecule has 116 valence electrons. The Kier molecular flexibility index (Phi) is 6.56. The van der Waals surface area contributed by atoms with E-state index >= 15 is 0 Å². The third kappa shape index (κ3) is 5.25. The SMILES string of the molecule is CC(C)=C(N)NC(=O)Cc1c(Cl)ccc(CC(C)C)c1Cl. The van der Waals surface area contributed by atoms with E-state index in [1.165, 1.54) is 0 Å². The van der Waals surface area contributed by atoms with Crippen molar-refractivity contribution in [3.05, 3.63) is 44.7 Å². The van der Waals surface area contributed by atoms with Crippen LogP contribution in [0.25, 0.3) is 0 Å². The van der Waals surface area contributed by atoms with Crippen molar-refractivity contribution in [1.29, 1.82) is 0 Å². The van der Waals surface area contributed by atoms with E-state index in [0.29, 0.717) is 27.3 Å². The first-order valence-electron chi connectivity index (χ1n) is 6.91. The summed E-state index contributed by atoms with van der Waals surface area (Å²) in [6.07, 6.45) is 0.957. The lowest BCUT2D eigenvalue weighted by Crippen LogP contribution is -2.29. The number of halogens is 2. The number of carbonyl (C=O) groups is 1. The summed E-state index contributed by atoms with van der Waals surface area (Å²) in [5.74, 6) is 0.622. The third-order valence-electron chi connectivity index (χ3n) is 3.04. The summed E-state index contributed by atoms with van der Waals surface area (Å²) in [5.41, 5.74) is 8.24. The van der Waals surface area contributed by atoms with Gasteiger partial charge in [0, 0.05) is 10.0 Å². The van der Waals surface area contributed by atoms with Crippen molar-refractivity contribution in [2.75, 3.05) is 0 Å². The largest absolute Gasteiger partial charge is 0.385 e. The van der Waals surface area contributed by atoms with Crippen LogP contribution in [0.1, 0.15) is 38.8 Å². The van der Waals surface area contributed by atoms with Crippen molar-refractivity contribution in [1.82, 2.24) is 5.32 Å². The van der Waals surface area contributed by atoms with Gasteiger partial charge < -0.3 is 11.1 Å². The van der Waals surface area contributed by atoms with Crippen molar-refractivity contribution in [3.8, 4) is 0 Å². The van der Waals surface area contributed by atoms with E-state index in [-0.39, 0.29) is 12.3 Å². The highest BCUT2D eigenvalue weighted by Crippen LogP contribution is 2.30. The first-order valence-corrected chi connectivity index (χ1v) is 7.66. The summed E-state index contributed by atoms with van der Waals surface area (Å²) >= 11 is 12.6. The van der Waals surface area contributed by atoms with E-state index in [4.69, 9.17) is 28.9 Å². The van der Waals surface area contributed by atoms with Crippen molar-refractivity contribution >= 4 is 29.1 Å². The van der Waals surface area contributed by atoms with E-state index in [0.717, 1.165) is 17.6 Å². The predicted molar refractivity (Wildman–Crippen MR) is 89.4 cm³/mol. The summed E-state index contributed by atoms with van der Waals surface area (Å²) in [6.45, 7) is 7.90. The van der Waals surface area contributed by atoms with Crippen LogP contribution in [0, 0.1) is 5.92 Å². The lowest BCUT2D eigenvalue weighted by Gasteiger charge is -2.14. The van der Waals surface area contributed by atoms with Gasteiger partial charge in [-0.2, -0.15) is 0 Å². The van der Waals surface area contributed by atoms with Crippen LogP contribution < -0.4 is 11.1 Å². The number of allylic oxidation sites excluding steroid dienone is 1. The summed E-state index contributed by atoms with van der Waals surface area (Å²) in [6, 6.07) is 3.70. The highest BCUT2D eigenvalue weighted by atomic mass is 35.5. The van der Waals surface area contributed by atoms with E-state index in [2.05, 4.69) is 19.2 Å². The number of nitrogens with two attached hydrogens (primary N) is 1. The van der Waals surface area contributed by atoms with E-state index < -0.39 is 0 Å². The smallest absolute Gasteiger partial charge is 0.229 e. The predicted octanol–water partition coefficient (Wildman–Crippen LogP) is 4.06. The maximum Gasteiger partial charge on any atom is 0.229 e. The molecule has 0 radical (unpaired) electrons. The number of amides is 1. The summed E-state index contributed by atoms with van der Waals surface area (Å²) in [7, 11) is 0. The molecule has 1 rings (SSSR count). The molecule has 1 amide bonds. The minimum atomic E-state index is -0.223. The molecule has 0 spiro atoms. The Morgan fingerprint density at radius 2 is 1.90 bits per heavy atom. The molecular formula is C16H22Cl2N2O. The van der Waals surface area contributed by atoms with Crippen molar-refractivity contribution in [2.45, 2.75) is 40.5 Å². The van der Waals surface area contributed by atoms with Crippen LogP contribution in [0.2, 0.25) is 10.0 Å². The molecule has 0 aromatic heterocycles. The molecule has 3 N–H and O–H groups in total. The topological polar surface area (TPSA) is 55.1 Å². The van der Waals surface area contributed by atoms with Gasteiger partial charge in [-0.05, 0) is 49.0 Å². The molecule has 0 aliphatic rings. The second-order valence-electron chi connectivity index (χ2n) is 5.74. The Morgan fingerprint density at radius 3 is 2.43 bits per heavy atom. The molecular weight excluding hydrogens is 307 g/mol. The molecule has 0 aliphatic carbocycles. The lowest BCUT2D eigenvalue weighted by atomic mass is 9.99. The van der Waals surface area contributed by atoms with Gasteiger partial charge in [0.15, 0.2) is 0 Å². The number of hydrogen-bond acceptors (Lipinski definition) is 2. The van der Waals surface area contributed by atoms with Crippen LogP contribution in [0.4, 0.5) is 0 Å². The fourth-order valence-electron chi connectivity index (χ4n) is 1.89. The van der Waals surface area contributed by atoms with E-state index in [1.807, 2.05) is 19.9 Å². The normalized spacial score (nSPS) is 10.6. The van der Waals surface area contributed by atoms with Gasteiger partial charge in [-0.15, -0.1) is 0 Å². The molecule has 0 saturated carbocycles. The van der Waals surface area contributed by atoms with Gasteiger partial charge in [0.2, 0.25) is 5.91 Å². The molecule has 21 heavy (non-hydrogen) atoms. The fraction of sp³-hybridized carbons (Fsp3) is 0.438. The number of benzene rings is 1. The van der Waals surface area contributed by atoms with Crippen molar-refractivity contribution < 1.29 is 4.79 Å². The molecule has 3 nitrogen and oxygen atoms in total. The highest BCUT2D eigenvalue weighted by molar-refractivity contribution is 6.36. The monoisotopic (exact) mass is 328 g/mol. The minimum Gasteiger partial charge on any atom is -0.385 e. The zero-order chi connectivity index (χ0) is 16.2. The standard InChI is InChI=1S/C16H22Cl2N2O/c1-9(2)7-11-5-6-13(17)12(15(11)18)8-14(21)20-16(19)10(3)4/h5-6,9H,7-8,19H2,1-4H3,(H,20,21). The van der Waals surface area contributed by atoms with Gasteiger partial charge in [0.25, 0.3) is 0 Å². The number of rotatable bonds is 5. The lowest BCUT2D eigenvalue weighted by molar-refractivity contribution is -0.119. The zero-order valence-corrected chi connectivity index (χ0v) is 14.4. The molecule has 0 saturated heterocycles. The second-order valence-corrected chi connectivity index (χ2v) is 6.52. The van der Waals surface area contributed by atoms with Crippen LogP contribution in [0.15, 0.2) is 23.5 Å². The van der Waals surface area contributed by atoms with Crippen molar-refractivity contribution in [3.63, 3.8) is 0 Å². The maximum atomic E-state index is 12.0. The van der Waals surface area contributed by atoms with Gasteiger partial charge >= 0.3 is 0 Å². The van der Waals surface area contributed by atoms with Crippen LogP contribution >= 0.6 is 23.2 Å². The number of carbonyl (C=O) groups excluding carboxylic acids is 1. The number of hydrogen-bond donors (Lipinski definition) is 2. The fourth-order valence-corrected chi connectivity index (χ4v) is 2.47. The molecule has 0 atom stereocenters. The molecule has 5 heteroatoms. The van der Waals surface area contributed by atoms with Crippen LogP contribution in [-0.4, -0.2) is 5.91 Å². The van der Waals surface area contributed by atoms with Gasteiger partial charge in [0.05, 0.1) is 6.42 Å². The molecule has 0 unspecified atom stereocenters. The van der Waals surface area contributed by atoms with E-state index in [1.54, 1.807) is 6.07 Å². The molecule has 1 aromatic rings. The summed E-state index contributed by atoms with van der Waals surface area (Å²) in [4.78, 5) is 12.0. The first kappa shape index (κ1) is 17.9. The Labute approximate surface area is 136 Å². The average Bonchev–Trinajstić information content (AvgIpc) is 2.37. The van der Waals surface area contributed by atoms with Gasteiger partial charge in [-0.3, -0.25) is 4.79 Å². The quantitative estimate of drug-likeness (QED) is 0.856. The third-order valence-corrected chi connectivity index (χ3v) is 3.87. The molecule has 0 bridgehead atoms. The van der Waals surface area contributed by atoms with Crippen LogP contribution in [0.3, 0.4) is 0 Å². The molecule has 1 aromatic carbocycles.